The second-order valence-electron chi connectivity index (χ2n) is 4.98. The van der Waals surface area contributed by atoms with Gasteiger partial charge in [0.05, 0.1) is 12.6 Å². The third-order valence-corrected chi connectivity index (χ3v) is 3.35. The molecule has 2 unspecified atom stereocenters. The van der Waals surface area contributed by atoms with Gasteiger partial charge in [-0.1, -0.05) is 30.3 Å². The largest absolute Gasteiger partial charge is 0.348 e. The molecular weight excluding hydrogens is 226 g/mol. The van der Waals surface area contributed by atoms with Crippen molar-refractivity contribution in [1.82, 2.24) is 10.2 Å². The molecule has 4 nitrogen and oxygen atoms in total. The highest BCUT2D eigenvalue weighted by atomic mass is 16.2. The lowest BCUT2D eigenvalue weighted by molar-refractivity contribution is -0.122. The first kappa shape index (κ1) is 13.1. The molecule has 0 aromatic heterocycles. The standard InChI is InChI=1S/C14H21N3O/c1-11(12-5-3-2-4-6-12)16-14(18)10-17-8-7-13(15)9-17/h2-6,11,13H,7-10,15H2,1H3,(H,16,18). The fourth-order valence-electron chi connectivity index (χ4n) is 2.32. The molecule has 4 heteroatoms. The molecule has 1 amide bonds. The van der Waals surface area contributed by atoms with Crippen LogP contribution < -0.4 is 11.1 Å². The number of nitrogens with zero attached hydrogens (tertiary/aromatic N) is 1. The predicted octanol–water partition coefficient (Wildman–Crippen LogP) is 0.897. The Morgan fingerprint density at radius 3 is 2.83 bits per heavy atom. The van der Waals surface area contributed by atoms with E-state index in [1.807, 2.05) is 37.3 Å². The number of likely N-dealkylation sites (tertiary alicyclic amines) is 1. The summed E-state index contributed by atoms with van der Waals surface area (Å²) in [7, 11) is 0. The predicted molar refractivity (Wildman–Crippen MR) is 72.0 cm³/mol. The number of hydrogen-bond acceptors (Lipinski definition) is 3. The van der Waals surface area contributed by atoms with Gasteiger partial charge in [-0.05, 0) is 18.9 Å². The molecule has 1 aliphatic rings. The highest BCUT2D eigenvalue weighted by Crippen LogP contribution is 2.11. The second kappa shape index (κ2) is 5.98. The van der Waals surface area contributed by atoms with E-state index in [-0.39, 0.29) is 18.0 Å². The smallest absolute Gasteiger partial charge is 0.234 e. The second-order valence-corrected chi connectivity index (χ2v) is 4.98. The molecule has 1 saturated heterocycles. The van der Waals surface area contributed by atoms with Crippen molar-refractivity contribution in [2.45, 2.75) is 25.4 Å². The van der Waals surface area contributed by atoms with Crippen molar-refractivity contribution in [3.8, 4) is 0 Å². The van der Waals surface area contributed by atoms with Gasteiger partial charge in [0.1, 0.15) is 0 Å². The van der Waals surface area contributed by atoms with E-state index < -0.39 is 0 Å². The molecule has 3 N–H and O–H groups in total. The molecule has 98 valence electrons. The van der Waals surface area contributed by atoms with E-state index in [2.05, 4.69) is 10.2 Å². The van der Waals surface area contributed by atoms with Crippen molar-refractivity contribution in [2.24, 2.45) is 5.73 Å². The first-order chi connectivity index (χ1) is 8.65. The minimum atomic E-state index is 0.0509. The zero-order valence-electron chi connectivity index (χ0n) is 10.8. The van der Waals surface area contributed by atoms with E-state index in [4.69, 9.17) is 5.73 Å². The number of nitrogens with two attached hydrogens (primary N) is 1. The minimum absolute atomic E-state index is 0.0509. The van der Waals surface area contributed by atoms with Gasteiger partial charge in [-0.3, -0.25) is 9.69 Å². The monoisotopic (exact) mass is 247 g/mol. The van der Waals surface area contributed by atoms with E-state index in [0.29, 0.717) is 6.54 Å². The third kappa shape index (κ3) is 3.55. The van der Waals surface area contributed by atoms with Crippen LogP contribution in [0.1, 0.15) is 24.9 Å². The first-order valence-electron chi connectivity index (χ1n) is 6.47. The topological polar surface area (TPSA) is 58.4 Å². The van der Waals surface area contributed by atoms with Gasteiger partial charge in [-0.2, -0.15) is 0 Å². The van der Waals surface area contributed by atoms with Crippen molar-refractivity contribution in [3.05, 3.63) is 35.9 Å². The van der Waals surface area contributed by atoms with E-state index in [1.165, 1.54) is 0 Å². The lowest BCUT2D eigenvalue weighted by atomic mass is 10.1. The van der Waals surface area contributed by atoms with Crippen LogP contribution in [-0.2, 0) is 4.79 Å². The third-order valence-electron chi connectivity index (χ3n) is 3.35. The molecule has 0 saturated carbocycles. The normalized spacial score (nSPS) is 21.8. The van der Waals surface area contributed by atoms with Crippen molar-refractivity contribution < 1.29 is 4.79 Å². The number of amides is 1. The average molecular weight is 247 g/mol. The number of hydrogen-bond donors (Lipinski definition) is 2. The summed E-state index contributed by atoms with van der Waals surface area (Å²) in [4.78, 5) is 14.0. The van der Waals surface area contributed by atoms with Crippen LogP contribution in [0.5, 0.6) is 0 Å². The lowest BCUT2D eigenvalue weighted by Crippen LogP contribution is -2.38. The van der Waals surface area contributed by atoms with Crippen LogP contribution in [-0.4, -0.2) is 36.5 Å². The summed E-state index contributed by atoms with van der Waals surface area (Å²) in [6.07, 6.45) is 0.988. The molecule has 0 aliphatic carbocycles. The average Bonchev–Trinajstić information content (AvgIpc) is 2.75. The Morgan fingerprint density at radius 1 is 1.50 bits per heavy atom. The van der Waals surface area contributed by atoms with Crippen LogP contribution in [0, 0.1) is 0 Å². The molecule has 1 aromatic rings. The molecule has 0 radical (unpaired) electrons. The summed E-state index contributed by atoms with van der Waals surface area (Å²) in [6, 6.07) is 10.3. The van der Waals surface area contributed by atoms with E-state index >= 15 is 0 Å². The summed E-state index contributed by atoms with van der Waals surface area (Å²) < 4.78 is 0. The Hall–Kier alpha value is -1.39. The van der Waals surface area contributed by atoms with Crippen LogP contribution in [0.4, 0.5) is 0 Å². The zero-order chi connectivity index (χ0) is 13.0. The van der Waals surface area contributed by atoms with Gasteiger partial charge in [0.2, 0.25) is 5.91 Å². The highest BCUT2D eigenvalue weighted by molar-refractivity contribution is 5.78. The highest BCUT2D eigenvalue weighted by Gasteiger charge is 2.21. The Labute approximate surface area is 108 Å². The Kier molecular flexibility index (Phi) is 4.33. The molecule has 1 aliphatic heterocycles. The number of nitrogens with one attached hydrogen (secondary N) is 1. The van der Waals surface area contributed by atoms with Crippen molar-refractivity contribution >= 4 is 5.91 Å². The van der Waals surface area contributed by atoms with E-state index in [1.54, 1.807) is 0 Å². The zero-order valence-corrected chi connectivity index (χ0v) is 10.8. The number of carbonyl (C=O) groups is 1. The summed E-state index contributed by atoms with van der Waals surface area (Å²) in [5.74, 6) is 0.0699. The molecule has 2 rings (SSSR count). The van der Waals surface area contributed by atoms with Crippen molar-refractivity contribution in [2.75, 3.05) is 19.6 Å². The molecule has 0 bridgehead atoms. The van der Waals surface area contributed by atoms with Crippen LogP contribution >= 0.6 is 0 Å². The molecule has 1 heterocycles. The fourth-order valence-corrected chi connectivity index (χ4v) is 2.32. The van der Waals surface area contributed by atoms with Gasteiger partial charge in [0.15, 0.2) is 0 Å². The Balaban J connectivity index is 1.81. The summed E-state index contributed by atoms with van der Waals surface area (Å²) >= 11 is 0. The summed E-state index contributed by atoms with van der Waals surface area (Å²) in [5, 5.41) is 3.02. The van der Waals surface area contributed by atoms with Gasteiger partial charge < -0.3 is 11.1 Å². The number of carbonyl (C=O) groups excluding carboxylic acids is 1. The van der Waals surface area contributed by atoms with E-state index in [9.17, 15) is 4.79 Å². The Bertz CT molecular complexity index is 393. The summed E-state index contributed by atoms with van der Waals surface area (Å²) in [6.45, 7) is 4.20. The van der Waals surface area contributed by atoms with Gasteiger partial charge in [0.25, 0.3) is 0 Å². The molecule has 2 atom stereocenters. The SMILES string of the molecule is CC(NC(=O)CN1CCC(N)C1)c1ccccc1. The maximum atomic E-state index is 11.9. The quantitative estimate of drug-likeness (QED) is 0.831. The van der Waals surface area contributed by atoms with Gasteiger partial charge in [-0.15, -0.1) is 0 Å². The molecule has 0 spiro atoms. The molecule has 18 heavy (non-hydrogen) atoms. The van der Waals surface area contributed by atoms with Crippen LogP contribution in [0.2, 0.25) is 0 Å². The number of rotatable bonds is 4. The Morgan fingerprint density at radius 2 is 2.22 bits per heavy atom. The van der Waals surface area contributed by atoms with Crippen molar-refractivity contribution in [3.63, 3.8) is 0 Å². The minimum Gasteiger partial charge on any atom is -0.348 e. The van der Waals surface area contributed by atoms with Gasteiger partial charge >= 0.3 is 0 Å². The molecular formula is C14H21N3O. The lowest BCUT2D eigenvalue weighted by Gasteiger charge is -2.18. The summed E-state index contributed by atoms with van der Waals surface area (Å²) in [5.41, 5.74) is 6.95. The van der Waals surface area contributed by atoms with Gasteiger partial charge in [-0.25, -0.2) is 0 Å². The van der Waals surface area contributed by atoms with Gasteiger partial charge in [0, 0.05) is 19.1 Å². The van der Waals surface area contributed by atoms with Crippen LogP contribution in [0.3, 0.4) is 0 Å². The van der Waals surface area contributed by atoms with Crippen molar-refractivity contribution in [1.29, 1.82) is 0 Å². The molecule has 1 fully saturated rings. The van der Waals surface area contributed by atoms with Crippen LogP contribution in [0.15, 0.2) is 30.3 Å². The fraction of sp³-hybridized carbons (Fsp3) is 0.500. The number of benzene rings is 1. The maximum absolute atomic E-state index is 11.9. The van der Waals surface area contributed by atoms with Crippen LogP contribution in [0.25, 0.3) is 0 Å². The molecule has 1 aromatic carbocycles. The maximum Gasteiger partial charge on any atom is 0.234 e. The van der Waals surface area contributed by atoms with E-state index in [0.717, 1.165) is 25.1 Å². The first-order valence-corrected chi connectivity index (χ1v) is 6.47.